The van der Waals surface area contributed by atoms with E-state index in [-0.39, 0.29) is 5.78 Å². The Morgan fingerprint density at radius 1 is 1.00 bits per heavy atom. The summed E-state index contributed by atoms with van der Waals surface area (Å²) in [7, 11) is 0. The molecule has 0 atom stereocenters. The Morgan fingerprint density at radius 3 is 2.23 bits per heavy atom. The Labute approximate surface area is 81.5 Å². The molecule has 0 saturated carbocycles. The van der Waals surface area contributed by atoms with Crippen molar-refractivity contribution >= 4 is 5.78 Å². The minimum absolute atomic E-state index is 0.172. The zero-order valence-corrected chi connectivity index (χ0v) is 8.43. The highest BCUT2D eigenvalue weighted by Crippen LogP contribution is 2.07. The molecule has 0 spiro atoms. The van der Waals surface area contributed by atoms with Gasteiger partial charge in [-0.1, -0.05) is 31.9 Å². The number of carbonyl (C=O) groups excluding carboxylic acids is 1. The van der Waals surface area contributed by atoms with E-state index in [1.807, 2.05) is 6.08 Å². The van der Waals surface area contributed by atoms with Crippen LogP contribution in [0.4, 0.5) is 0 Å². The molecule has 13 heavy (non-hydrogen) atoms. The summed E-state index contributed by atoms with van der Waals surface area (Å²) in [5.74, 6) is 0.172. The molecule has 0 saturated heterocycles. The third-order valence-electron chi connectivity index (χ3n) is 2.06. The average molecular weight is 180 g/mol. The number of hydrogen-bond donors (Lipinski definition) is 0. The van der Waals surface area contributed by atoms with E-state index in [1.165, 1.54) is 25.3 Å². The van der Waals surface area contributed by atoms with Gasteiger partial charge in [0, 0.05) is 6.42 Å². The Kier molecular flexibility index (Phi) is 8.64. The second kappa shape index (κ2) is 9.24. The monoisotopic (exact) mass is 180 g/mol. The molecule has 0 aliphatic rings. The predicted molar refractivity (Wildman–Crippen MR) is 57.7 cm³/mol. The molecule has 0 aliphatic carbocycles. The summed E-state index contributed by atoms with van der Waals surface area (Å²) in [6, 6.07) is 0. The van der Waals surface area contributed by atoms with Gasteiger partial charge in [0.05, 0.1) is 0 Å². The lowest BCUT2D eigenvalue weighted by Crippen LogP contribution is -1.90. The number of allylic oxidation sites excluding steroid dienone is 2. The fraction of sp³-hybridized carbons (Fsp3) is 0.583. The van der Waals surface area contributed by atoms with E-state index in [9.17, 15) is 4.79 Å². The molecule has 0 aliphatic heterocycles. The maximum atomic E-state index is 10.8. The third-order valence-corrected chi connectivity index (χ3v) is 2.06. The molecule has 0 fully saturated rings. The van der Waals surface area contributed by atoms with E-state index < -0.39 is 0 Å². The molecule has 0 aromatic rings. The molecule has 0 aromatic heterocycles. The van der Waals surface area contributed by atoms with Crippen molar-refractivity contribution in [2.75, 3.05) is 0 Å². The second-order valence-electron chi connectivity index (χ2n) is 3.27. The molecule has 74 valence electrons. The summed E-state index contributed by atoms with van der Waals surface area (Å²) in [6.07, 6.45) is 11.1. The first kappa shape index (κ1) is 12.2. The molecule has 0 radical (unpaired) electrons. The van der Waals surface area contributed by atoms with Gasteiger partial charge < -0.3 is 0 Å². The first-order chi connectivity index (χ1) is 6.31. The third kappa shape index (κ3) is 9.06. The van der Waals surface area contributed by atoms with Gasteiger partial charge in [0.2, 0.25) is 0 Å². The van der Waals surface area contributed by atoms with Gasteiger partial charge in [-0.15, -0.1) is 6.58 Å². The number of rotatable bonds is 9. The van der Waals surface area contributed by atoms with E-state index in [4.69, 9.17) is 0 Å². The van der Waals surface area contributed by atoms with Crippen LogP contribution < -0.4 is 0 Å². The van der Waals surface area contributed by atoms with Gasteiger partial charge in [0.1, 0.15) is 0 Å². The smallest absolute Gasteiger partial charge is 0.155 e. The van der Waals surface area contributed by atoms with Gasteiger partial charge in [0.25, 0.3) is 0 Å². The lowest BCUT2D eigenvalue weighted by Gasteiger charge is -1.98. The van der Waals surface area contributed by atoms with Gasteiger partial charge in [-0.25, -0.2) is 0 Å². The number of ketones is 1. The number of unbranched alkanes of at least 4 members (excludes halogenated alkanes) is 5. The lowest BCUT2D eigenvalue weighted by atomic mass is 10.1. The van der Waals surface area contributed by atoms with Crippen molar-refractivity contribution in [1.29, 1.82) is 0 Å². The Balaban J connectivity index is 3.03. The fourth-order valence-electron chi connectivity index (χ4n) is 1.22. The normalized spacial score (nSPS) is 9.54. The summed E-state index contributed by atoms with van der Waals surface area (Å²) in [6.45, 7) is 7.11. The van der Waals surface area contributed by atoms with E-state index >= 15 is 0 Å². The van der Waals surface area contributed by atoms with Crippen LogP contribution in [0.3, 0.4) is 0 Å². The van der Waals surface area contributed by atoms with E-state index in [2.05, 4.69) is 13.2 Å². The van der Waals surface area contributed by atoms with Gasteiger partial charge in [-0.2, -0.15) is 0 Å². The molecule has 0 aromatic carbocycles. The quantitative estimate of drug-likeness (QED) is 0.300. The number of hydrogen-bond acceptors (Lipinski definition) is 1. The standard InChI is InChI=1S/C12H20O/c1-3-5-6-7-8-9-10-11-12(13)4-2/h3-4H,1-2,5-11H2. The van der Waals surface area contributed by atoms with Gasteiger partial charge in [-0.05, 0) is 25.3 Å². The van der Waals surface area contributed by atoms with Crippen LogP contribution >= 0.6 is 0 Å². The highest BCUT2D eigenvalue weighted by Gasteiger charge is 1.95. The van der Waals surface area contributed by atoms with Gasteiger partial charge >= 0.3 is 0 Å². The molecular weight excluding hydrogens is 160 g/mol. The molecule has 0 amide bonds. The van der Waals surface area contributed by atoms with Crippen LogP contribution in [0, 0.1) is 0 Å². The van der Waals surface area contributed by atoms with Crippen molar-refractivity contribution < 1.29 is 4.79 Å². The van der Waals surface area contributed by atoms with E-state index in [1.54, 1.807) is 0 Å². The lowest BCUT2D eigenvalue weighted by molar-refractivity contribution is -0.114. The first-order valence-electron chi connectivity index (χ1n) is 5.07. The highest BCUT2D eigenvalue weighted by atomic mass is 16.1. The predicted octanol–water partition coefficient (Wildman–Crippen LogP) is 3.66. The topological polar surface area (TPSA) is 17.1 Å². The van der Waals surface area contributed by atoms with Crippen LogP contribution in [0.2, 0.25) is 0 Å². The largest absolute Gasteiger partial charge is 0.295 e. The van der Waals surface area contributed by atoms with E-state index in [0.717, 1.165) is 19.3 Å². The van der Waals surface area contributed by atoms with Crippen LogP contribution in [-0.4, -0.2) is 5.78 Å². The first-order valence-corrected chi connectivity index (χ1v) is 5.07. The van der Waals surface area contributed by atoms with Crippen LogP contribution in [0.25, 0.3) is 0 Å². The minimum atomic E-state index is 0.172. The zero-order valence-electron chi connectivity index (χ0n) is 8.43. The van der Waals surface area contributed by atoms with Crippen molar-refractivity contribution in [3.63, 3.8) is 0 Å². The molecule has 0 heterocycles. The average Bonchev–Trinajstić information content (AvgIpc) is 2.16. The molecule has 1 nitrogen and oxygen atoms in total. The van der Waals surface area contributed by atoms with Crippen molar-refractivity contribution in [1.82, 2.24) is 0 Å². The molecule has 0 rings (SSSR count). The summed E-state index contributed by atoms with van der Waals surface area (Å²) in [5.41, 5.74) is 0. The zero-order chi connectivity index (χ0) is 9.94. The van der Waals surface area contributed by atoms with Crippen LogP contribution in [0.15, 0.2) is 25.3 Å². The second-order valence-corrected chi connectivity index (χ2v) is 3.27. The highest BCUT2D eigenvalue weighted by molar-refractivity contribution is 5.88. The fourth-order valence-corrected chi connectivity index (χ4v) is 1.22. The molecular formula is C12H20O. The molecule has 0 unspecified atom stereocenters. The van der Waals surface area contributed by atoms with Gasteiger partial charge in [0.15, 0.2) is 5.78 Å². The van der Waals surface area contributed by atoms with Gasteiger partial charge in [-0.3, -0.25) is 4.79 Å². The van der Waals surface area contributed by atoms with Crippen molar-refractivity contribution in [2.24, 2.45) is 0 Å². The Bertz CT molecular complexity index is 159. The van der Waals surface area contributed by atoms with E-state index in [0.29, 0.717) is 6.42 Å². The number of carbonyl (C=O) groups is 1. The van der Waals surface area contributed by atoms with Crippen molar-refractivity contribution in [3.8, 4) is 0 Å². The van der Waals surface area contributed by atoms with Crippen LogP contribution in [0.1, 0.15) is 44.9 Å². The van der Waals surface area contributed by atoms with Crippen LogP contribution in [-0.2, 0) is 4.79 Å². The van der Waals surface area contributed by atoms with Crippen molar-refractivity contribution in [3.05, 3.63) is 25.3 Å². The summed E-state index contributed by atoms with van der Waals surface area (Å²) < 4.78 is 0. The summed E-state index contributed by atoms with van der Waals surface area (Å²) >= 11 is 0. The summed E-state index contributed by atoms with van der Waals surface area (Å²) in [5, 5.41) is 0. The Morgan fingerprint density at radius 2 is 1.62 bits per heavy atom. The molecule has 1 heteroatoms. The Hall–Kier alpha value is -0.850. The minimum Gasteiger partial charge on any atom is -0.295 e. The SMILES string of the molecule is C=CCCCCCCCC(=O)C=C. The molecule has 0 bridgehead atoms. The maximum absolute atomic E-state index is 10.8. The maximum Gasteiger partial charge on any atom is 0.155 e. The molecule has 0 N–H and O–H groups in total. The van der Waals surface area contributed by atoms with Crippen LogP contribution in [0.5, 0.6) is 0 Å². The van der Waals surface area contributed by atoms with Crippen molar-refractivity contribution in [2.45, 2.75) is 44.9 Å². The summed E-state index contributed by atoms with van der Waals surface area (Å²) in [4.78, 5) is 10.8.